The largest absolute Gasteiger partial charge is 0.475 e. The maximum atomic E-state index is 13.5. The van der Waals surface area contributed by atoms with Gasteiger partial charge >= 0.3 is 12.1 Å². The smallest absolute Gasteiger partial charge is 0.416 e. The maximum absolute atomic E-state index is 13.5. The average Bonchev–Trinajstić information content (AvgIpc) is 3.24. The van der Waals surface area contributed by atoms with Gasteiger partial charge in [-0.05, 0) is 30.9 Å². The van der Waals surface area contributed by atoms with Gasteiger partial charge in [-0.3, -0.25) is 4.79 Å². The Balaban J connectivity index is 1.46. The first-order valence-corrected chi connectivity index (χ1v) is 12.1. The van der Waals surface area contributed by atoms with E-state index in [-0.39, 0.29) is 35.9 Å². The molecule has 2 aliphatic heterocycles. The highest BCUT2D eigenvalue weighted by Gasteiger charge is 2.34. The number of benzene rings is 1. The fraction of sp³-hybridized carbons (Fsp3) is 0.417. The number of fused-ring (bicyclic) bond motifs is 1. The number of carboxylic acids is 1. The maximum Gasteiger partial charge on any atom is 0.416 e. The molecule has 0 bridgehead atoms. The minimum Gasteiger partial charge on any atom is -0.475 e. The third-order valence-electron chi connectivity index (χ3n) is 6.65. The van der Waals surface area contributed by atoms with E-state index in [4.69, 9.17) is 16.3 Å². The summed E-state index contributed by atoms with van der Waals surface area (Å²) in [5, 5.41) is 14.0. The van der Waals surface area contributed by atoms with E-state index in [0.29, 0.717) is 36.6 Å². The summed E-state index contributed by atoms with van der Waals surface area (Å²) in [6.07, 6.45) is -0.813. The molecule has 0 spiro atoms. The molecule has 5 rings (SSSR count). The monoisotopic (exact) mass is 537 g/mol. The van der Waals surface area contributed by atoms with Crippen LogP contribution in [0.2, 0.25) is 5.02 Å². The topological polar surface area (TPSA) is 102 Å². The van der Waals surface area contributed by atoms with Crippen LogP contribution in [0.15, 0.2) is 35.3 Å². The molecule has 1 atom stereocenters. The number of carbonyl (C=O) groups is 1. The predicted molar refractivity (Wildman–Crippen MR) is 127 cm³/mol. The van der Waals surface area contributed by atoms with Crippen LogP contribution in [0.3, 0.4) is 0 Å². The lowest BCUT2D eigenvalue weighted by atomic mass is 10.1. The van der Waals surface area contributed by atoms with Crippen LogP contribution in [0.5, 0.6) is 0 Å². The molecule has 2 aliphatic rings. The molecule has 4 heterocycles. The molecule has 1 aromatic carbocycles. The van der Waals surface area contributed by atoms with E-state index >= 15 is 0 Å². The van der Waals surface area contributed by atoms with Crippen molar-refractivity contribution < 1.29 is 27.8 Å². The van der Waals surface area contributed by atoms with Crippen LogP contribution in [0.1, 0.15) is 58.6 Å². The van der Waals surface area contributed by atoms with Crippen LogP contribution < -0.4 is 10.5 Å². The summed E-state index contributed by atoms with van der Waals surface area (Å²) in [7, 11) is 0. The Morgan fingerprint density at radius 1 is 1.24 bits per heavy atom. The van der Waals surface area contributed by atoms with E-state index in [2.05, 4.69) is 10.1 Å². The van der Waals surface area contributed by atoms with Gasteiger partial charge in [0, 0.05) is 25.3 Å². The zero-order chi connectivity index (χ0) is 26.3. The zero-order valence-electron chi connectivity index (χ0n) is 19.5. The molecule has 196 valence electrons. The average molecular weight is 538 g/mol. The molecule has 9 nitrogen and oxygen atoms in total. The molecular formula is C24H23ClF3N5O4. The number of halogens is 4. The van der Waals surface area contributed by atoms with Crippen molar-refractivity contribution in [3.8, 4) is 0 Å². The number of aromatic nitrogens is 4. The minimum absolute atomic E-state index is 0.0374. The second-order valence-electron chi connectivity index (χ2n) is 8.96. The van der Waals surface area contributed by atoms with E-state index in [0.717, 1.165) is 18.9 Å². The number of hydrogen-bond donors (Lipinski definition) is 1. The first kappa shape index (κ1) is 25.3. The summed E-state index contributed by atoms with van der Waals surface area (Å²) in [5.74, 6) is -1.70. The standard InChI is InChI=1S/C24H23ClF3N5O4/c25-20-18(11-29-33(22(20)34)19-7-3-4-10-37-19)31-9-8-17-16(13-31)30-21(23(35)36)32(17)12-14-5-1-2-6-15(14)24(26,27)28/h1-2,5-6,11,19H,3-4,7-10,12-13H2,(H,35,36). The SMILES string of the molecule is O=C(O)c1nc2c(n1Cc1ccccc1C(F)(F)F)CCN(c1cnn(C3CCCCO3)c(=O)c1Cl)C2. The fourth-order valence-corrected chi connectivity index (χ4v) is 5.12. The van der Waals surface area contributed by atoms with Crippen molar-refractivity contribution in [3.05, 3.63) is 74.2 Å². The molecule has 2 aromatic heterocycles. The van der Waals surface area contributed by atoms with Gasteiger partial charge in [0.15, 0.2) is 6.23 Å². The van der Waals surface area contributed by atoms with Gasteiger partial charge in [0.2, 0.25) is 5.82 Å². The number of aromatic carboxylic acids is 1. The molecule has 0 radical (unpaired) electrons. The summed E-state index contributed by atoms with van der Waals surface area (Å²) in [4.78, 5) is 30.8. The number of imidazole rings is 1. The first-order chi connectivity index (χ1) is 17.6. The molecule has 37 heavy (non-hydrogen) atoms. The van der Waals surface area contributed by atoms with Crippen molar-refractivity contribution >= 4 is 23.3 Å². The quantitative estimate of drug-likeness (QED) is 0.522. The van der Waals surface area contributed by atoms with Gasteiger partial charge in [-0.25, -0.2) is 9.78 Å². The molecule has 13 heteroatoms. The number of nitrogens with zero attached hydrogens (tertiary/aromatic N) is 5. The van der Waals surface area contributed by atoms with Gasteiger partial charge in [-0.15, -0.1) is 0 Å². The van der Waals surface area contributed by atoms with Gasteiger partial charge in [0.25, 0.3) is 5.56 Å². The third-order valence-corrected chi connectivity index (χ3v) is 7.01. The van der Waals surface area contributed by atoms with Gasteiger partial charge in [-0.2, -0.15) is 23.0 Å². The zero-order valence-corrected chi connectivity index (χ0v) is 20.3. The lowest BCUT2D eigenvalue weighted by molar-refractivity contribution is -0.138. The fourth-order valence-electron chi connectivity index (χ4n) is 4.87. The number of hydrogen-bond acceptors (Lipinski definition) is 6. The van der Waals surface area contributed by atoms with Crippen LogP contribution in [-0.2, 0) is 30.4 Å². The van der Waals surface area contributed by atoms with Crippen LogP contribution >= 0.6 is 11.6 Å². The van der Waals surface area contributed by atoms with Gasteiger partial charge in [-0.1, -0.05) is 29.8 Å². The summed E-state index contributed by atoms with van der Waals surface area (Å²) in [6.45, 7) is 0.701. The van der Waals surface area contributed by atoms with E-state index in [9.17, 15) is 27.9 Å². The molecule has 0 amide bonds. The van der Waals surface area contributed by atoms with E-state index < -0.39 is 29.5 Å². The van der Waals surface area contributed by atoms with Crippen molar-refractivity contribution in [1.29, 1.82) is 0 Å². The van der Waals surface area contributed by atoms with Crippen molar-refractivity contribution in [2.75, 3.05) is 18.1 Å². The second kappa shape index (κ2) is 9.82. The van der Waals surface area contributed by atoms with Crippen LogP contribution in [0, 0.1) is 0 Å². The Kier molecular flexibility index (Phi) is 6.71. The Morgan fingerprint density at radius 2 is 2.03 bits per heavy atom. The van der Waals surface area contributed by atoms with Crippen molar-refractivity contribution in [1.82, 2.24) is 19.3 Å². The minimum atomic E-state index is -4.58. The normalized spacial score (nSPS) is 18.1. The molecule has 0 aliphatic carbocycles. The van der Waals surface area contributed by atoms with Crippen LogP contribution in [0.4, 0.5) is 18.9 Å². The highest BCUT2D eigenvalue weighted by atomic mass is 35.5. The predicted octanol–water partition coefficient (Wildman–Crippen LogP) is 4.12. The van der Waals surface area contributed by atoms with Crippen molar-refractivity contribution in [2.45, 2.75) is 51.2 Å². The molecule has 1 saturated heterocycles. The highest BCUT2D eigenvalue weighted by molar-refractivity contribution is 6.33. The second-order valence-corrected chi connectivity index (χ2v) is 9.34. The van der Waals surface area contributed by atoms with E-state index in [1.165, 1.54) is 33.6 Å². The summed E-state index contributed by atoms with van der Waals surface area (Å²) in [5.41, 5.74) is -0.0780. The van der Waals surface area contributed by atoms with Crippen molar-refractivity contribution in [2.24, 2.45) is 0 Å². The highest BCUT2D eigenvalue weighted by Crippen LogP contribution is 2.34. The Labute approximate surface area is 214 Å². The summed E-state index contributed by atoms with van der Waals surface area (Å²) < 4.78 is 48.8. The molecule has 0 saturated carbocycles. The lowest BCUT2D eigenvalue weighted by Gasteiger charge is -2.30. The Bertz CT molecular complexity index is 1400. The number of ether oxygens (including phenoxy) is 1. The number of alkyl halides is 3. The van der Waals surface area contributed by atoms with Gasteiger partial charge in [0.1, 0.15) is 5.02 Å². The molecular weight excluding hydrogens is 515 g/mol. The lowest BCUT2D eigenvalue weighted by Crippen LogP contribution is -2.36. The molecule has 1 N–H and O–H groups in total. The Hall–Kier alpha value is -3.38. The van der Waals surface area contributed by atoms with Crippen LogP contribution in [-0.4, -0.2) is 43.6 Å². The van der Waals surface area contributed by atoms with Crippen LogP contribution in [0.25, 0.3) is 0 Å². The van der Waals surface area contributed by atoms with E-state index in [1.54, 1.807) is 4.90 Å². The number of anilines is 1. The number of rotatable bonds is 5. The molecule has 1 fully saturated rings. The molecule has 3 aromatic rings. The summed E-state index contributed by atoms with van der Waals surface area (Å²) >= 11 is 6.44. The van der Waals surface area contributed by atoms with Gasteiger partial charge in [0.05, 0.1) is 36.2 Å². The number of carboxylic acid groups (broad SMARTS) is 1. The van der Waals surface area contributed by atoms with Crippen molar-refractivity contribution in [3.63, 3.8) is 0 Å². The molecule has 1 unspecified atom stereocenters. The Morgan fingerprint density at radius 3 is 2.73 bits per heavy atom. The van der Waals surface area contributed by atoms with E-state index in [1.807, 2.05) is 0 Å². The van der Waals surface area contributed by atoms with Gasteiger partial charge < -0.3 is 19.3 Å². The first-order valence-electron chi connectivity index (χ1n) is 11.8. The third kappa shape index (κ3) is 4.82. The summed E-state index contributed by atoms with van der Waals surface area (Å²) in [6, 6.07) is 5.06.